The van der Waals surface area contributed by atoms with Crippen LogP contribution in [-0.2, 0) is 20.0 Å². The van der Waals surface area contributed by atoms with Gasteiger partial charge in [-0.15, -0.1) is 11.3 Å². The fourth-order valence-corrected chi connectivity index (χ4v) is 3.42. The lowest BCUT2D eigenvalue weighted by Crippen LogP contribution is -2.19. The zero-order valence-electron chi connectivity index (χ0n) is 10.9. The summed E-state index contributed by atoms with van der Waals surface area (Å²) in [5, 5.41) is 10.2. The van der Waals surface area contributed by atoms with Crippen molar-refractivity contribution in [1.82, 2.24) is 15.1 Å². The molecule has 0 spiro atoms. The predicted molar refractivity (Wildman–Crippen MR) is 79.9 cm³/mol. The van der Waals surface area contributed by atoms with Crippen LogP contribution in [0.3, 0.4) is 0 Å². The predicted octanol–water partition coefficient (Wildman–Crippen LogP) is 3.66. The van der Waals surface area contributed by atoms with E-state index in [1.54, 1.807) is 11.3 Å². The summed E-state index contributed by atoms with van der Waals surface area (Å²) in [5.74, 6) is 0. The summed E-state index contributed by atoms with van der Waals surface area (Å²) in [4.78, 5) is 1.36. The van der Waals surface area contributed by atoms with Gasteiger partial charge in [-0.1, -0.05) is 13.0 Å². The molecule has 2 rings (SSSR count). The van der Waals surface area contributed by atoms with Crippen molar-refractivity contribution in [2.75, 3.05) is 0 Å². The maximum Gasteiger partial charge on any atom is 0.0767 e. The van der Waals surface area contributed by atoms with Crippen molar-refractivity contribution in [3.05, 3.63) is 38.3 Å². The Morgan fingerprint density at radius 2 is 2.33 bits per heavy atom. The summed E-state index contributed by atoms with van der Waals surface area (Å²) >= 11 is 5.43. The van der Waals surface area contributed by atoms with Gasteiger partial charge in [-0.3, -0.25) is 4.68 Å². The van der Waals surface area contributed by atoms with E-state index in [1.807, 2.05) is 11.7 Å². The summed E-state index contributed by atoms with van der Waals surface area (Å²) < 4.78 is 3.09. The number of aromatic nitrogens is 2. The van der Waals surface area contributed by atoms with Crippen LogP contribution in [0, 0.1) is 0 Å². The van der Waals surface area contributed by atoms with E-state index in [9.17, 15) is 0 Å². The molecule has 0 aliphatic rings. The van der Waals surface area contributed by atoms with Gasteiger partial charge in [-0.2, -0.15) is 5.10 Å². The second-order valence-electron chi connectivity index (χ2n) is 4.30. The first kappa shape index (κ1) is 13.8. The highest BCUT2D eigenvalue weighted by Crippen LogP contribution is 2.23. The third-order valence-corrected chi connectivity index (χ3v) is 5.02. The summed E-state index contributed by atoms with van der Waals surface area (Å²) in [7, 11) is 2.00. The number of rotatable bonds is 5. The first-order chi connectivity index (χ1) is 8.63. The molecule has 0 saturated carbocycles. The Morgan fingerprint density at radius 3 is 2.89 bits per heavy atom. The van der Waals surface area contributed by atoms with Crippen LogP contribution in [0.4, 0.5) is 0 Å². The minimum absolute atomic E-state index is 0.372. The number of hydrogen-bond donors (Lipinski definition) is 1. The van der Waals surface area contributed by atoms with Crippen LogP contribution < -0.4 is 5.32 Å². The molecule has 1 atom stereocenters. The minimum atomic E-state index is 0.372. The van der Waals surface area contributed by atoms with Crippen LogP contribution in [0.15, 0.2) is 22.0 Å². The maximum atomic E-state index is 4.50. The van der Waals surface area contributed by atoms with E-state index in [-0.39, 0.29) is 0 Å². The highest BCUT2D eigenvalue weighted by molar-refractivity contribution is 9.10. The molecule has 0 amide bonds. The van der Waals surface area contributed by atoms with Gasteiger partial charge in [0, 0.05) is 24.5 Å². The van der Waals surface area contributed by atoms with Crippen molar-refractivity contribution in [3.8, 4) is 0 Å². The summed E-state index contributed by atoms with van der Waals surface area (Å²) in [6, 6.07) is 4.63. The first-order valence-electron chi connectivity index (χ1n) is 6.10. The number of nitrogens with one attached hydrogen (secondary N) is 1. The van der Waals surface area contributed by atoms with Crippen molar-refractivity contribution in [1.29, 1.82) is 0 Å². The fraction of sp³-hybridized carbons (Fsp3) is 0.462. The van der Waals surface area contributed by atoms with Crippen LogP contribution in [0.2, 0.25) is 0 Å². The van der Waals surface area contributed by atoms with Crippen LogP contribution in [0.1, 0.15) is 36.2 Å². The zero-order chi connectivity index (χ0) is 13.1. The largest absolute Gasteiger partial charge is 0.304 e. The molecule has 2 aromatic rings. The average molecular weight is 328 g/mol. The van der Waals surface area contributed by atoms with Crippen LogP contribution in [0.5, 0.6) is 0 Å². The van der Waals surface area contributed by atoms with E-state index in [4.69, 9.17) is 0 Å². The van der Waals surface area contributed by atoms with Crippen LogP contribution in [-0.4, -0.2) is 9.78 Å². The molecule has 98 valence electrons. The molecule has 0 fully saturated rings. The van der Waals surface area contributed by atoms with Gasteiger partial charge in [0.15, 0.2) is 0 Å². The number of halogens is 1. The number of nitrogens with zero attached hydrogens (tertiary/aromatic N) is 2. The lowest BCUT2D eigenvalue weighted by molar-refractivity contribution is 0.553. The highest BCUT2D eigenvalue weighted by atomic mass is 79.9. The van der Waals surface area contributed by atoms with E-state index in [0.717, 1.165) is 23.1 Å². The topological polar surface area (TPSA) is 29.9 Å². The standard InChI is InChI=1S/C13H18BrN3S/c1-4-10-13(14)11(17(3)16-10)8-15-9(2)12-6-5-7-18-12/h5-7,9,15H,4,8H2,1-3H3. The minimum Gasteiger partial charge on any atom is -0.304 e. The molecule has 2 heterocycles. The second kappa shape index (κ2) is 5.99. The number of aryl methyl sites for hydroxylation is 2. The highest BCUT2D eigenvalue weighted by Gasteiger charge is 2.13. The first-order valence-corrected chi connectivity index (χ1v) is 7.77. The van der Waals surface area contributed by atoms with Gasteiger partial charge in [0.25, 0.3) is 0 Å². The zero-order valence-corrected chi connectivity index (χ0v) is 13.3. The fourth-order valence-electron chi connectivity index (χ4n) is 1.90. The van der Waals surface area contributed by atoms with E-state index in [1.165, 1.54) is 10.6 Å². The summed E-state index contributed by atoms with van der Waals surface area (Å²) in [6.07, 6.45) is 0.953. The van der Waals surface area contributed by atoms with E-state index in [0.29, 0.717) is 6.04 Å². The molecule has 0 saturated heterocycles. The molecule has 18 heavy (non-hydrogen) atoms. The third kappa shape index (κ3) is 2.84. The molecule has 1 unspecified atom stereocenters. The Morgan fingerprint density at radius 1 is 1.56 bits per heavy atom. The van der Waals surface area contributed by atoms with Gasteiger partial charge in [-0.25, -0.2) is 0 Å². The normalized spacial score (nSPS) is 12.9. The van der Waals surface area contributed by atoms with Crippen molar-refractivity contribution >= 4 is 27.3 Å². The quantitative estimate of drug-likeness (QED) is 0.908. The molecule has 2 aromatic heterocycles. The van der Waals surface area contributed by atoms with Gasteiger partial charge in [0.1, 0.15) is 0 Å². The molecule has 0 aliphatic carbocycles. The smallest absolute Gasteiger partial charge is 0.0767 e. The third-order valence-electron chi connectivity index (χ3n) is 3.05. The van der Waals surface area contributed by atoms with Gasteiger partial charge in [-0.05, 0) is 40.7 Å². The summed E-state index contributed by atoms with van der Waals surface area (Å²) in [6.45, 7) is 5.14. The van der Waals surface area contributed by atoms with E-state index >= 15 is 0 Å². The Hall–Kier alpha value is -0.650. The van der Waals surface area contributed by atoms with Crippen molar-refractivity contribution in [2.45, 2.75) is 32.9 Å². The molecule has 0 aliphatic heterocycles. The van der Waals surface area contributed by atoms with Gasteiger partial charge in [0.2, 0.25) is 0 Å². The molecule has 0 bridgehead atoms. The number of hydrogen-bond acceptors (Lipinski definition) is 3. The second-order valence-corrected chi connectivity index (χ2v) is 6.07. The lowest BCUT2D eigenvalue weighted by atomic mass is 10.2. The van der Waals surface area contributed by atoms with Gasteiger partial charge in [0.05, 0.1) is 15.9 Å². The van der Waals surface area contributed by atoms with Crippen molar-refractivity contribution < 1.29 is 0 Å². The summed E-state index contributed by atoms with van der Waals surface area (Å²) in [5.41, 5.74) is 2.33. The molecular formula is C13H18BrN3S. The average Bonchev–Trinajstić information content (AvgIpc) is 2.96. The Balaban J connectivity index is 2.04. The van der Waals surface area contributed by atoms with Crippen molar-refractivity contribution in [2.24, 2.45) is 7.05 Å². The molecular weight excluding hydrogens is 310 g/mol. The molecule has 3 nitrogen and oxygen atoms in total. The number of thiophene rings is 1. The van der Waals surface area contributed by atoms with Gasteiger partial charge >= 0.3 is 0 Å². The maximum absolute atomic E-state index is 4.50. The Kier molecular flexibility index (Phi) is 4.59. The van der Waals surface area contributed by atoms with Gasteiger partial charge < -0.3 is 5.32 Å². The lowest BCUT2D eigenvalue weighted by Gasteiger charge is -2.12. The van der Waals surface area contributed by atoms with Crippen molar-refractivity contribution in [3.63, 3.8) is 0 Å². The van der Waals surface area contributed by atoms with E-state index < -0.39 is 0 Å². The Labute approximate surface area is 120 Å². The SMILES string of the molecule is CCc1nn(C)c(CNC(C)c2cccs2)c1Br. The van der Waals surface area contributed by atoms with Crippen LogP contribution in [0.25, 0.3) is 0 Å². The molecule has 1 N–H and O–H groups in total. The Bertz CT molecular complexity index is 505. The van der Waals surface area contributed by atoms with E-state index in [2.05, 4.69) is 57.7 Å². The molecule has 5 heteroatoms. The van der Waals surface area contributed by atoms with Crippen LogP contribution >= 0.6 is 27.3 Å². The monoisotopic (exact) mass is 327 g/mol. The molecule has 0 radical (unpaired) electrons. The molecule has 0 aromatic carbocycles.